The fraction of sp³-hybridized carbons (Fsp3) is 0.636. The van der Waals surface area contributed by atoms with Crippen molar-refractivity contribution >= 4 is 17.1 Å². The standard InChI is InChI=1S/C22H34N4O3/c1-6-7-8-9-10-11-12-13-14-15-25-19(27)17-18(24(5)21(25)29)23-16-26(17)20(28)22(2,3)4/h6,16H,1,7-15H2,2-5H3. The molecule has 0 bridgehead atoms. The van der Waals surface area contributed by atoms with E-state index >= 15 is 0 Å². The van der Waals surface area contributed by atoms with Gasteiger partial charge >= 0.3 is 5.69 Å². The molecule has 0 atom stereocenters. The molecular weight excluding hydrogens is 368 g/mol. The summed E-state index contributed by atoms with van der Waals surface area (Å²) in [6, 6.07) is 0. The quantitative estimate of drug-likeness (QED) is 0.446. The number of allylic oxidation sites excluding steroid dienone is 1. The fourth-order valence-corrected chi connectivity index (χ4v) is 3.42. The van der Waals surface area contributed by atoms with Crippen molar-refractivity contribution in [2.24, 2.45) is 12.5 Å². The van der Waals surface area contributed by atoms with E-state index in [2.05, 4.69) is 11.6 Å². The zero-order chi connectivity index (χ0) is 21.6. The maximum atomic E-state index is 13.0. The molecule has 0 aliphatic heterocycles. The highest BCUT2D eigenvalue weighted by Gasteiger charge is 2.27. The van der Waals surface area contributed by atoms with Gasteiger partial charge in [0.15, 0.2) is 11.2 Å². The molecule has 0 aliphatic carbocycles. The number of fused-ring (bicyclic) bond motifs is 1. The molecule has 2 rings (SSSR count). The molecule has 0 saturated heterocycles. The summed E-state index contributed by atoms with van der Waals surface area (Å²) < 4.78 is 3.88. The van der Waals surface area contributed by atoms with Gasteiger partial charge in [0.1, 0.15) is 6.33 Å². The van der Waals surface area contributed by atoms with Gasteiger partial charge in [-0.1, -0.05) is 59.0 Å². The molecule has 0 saturated carbocycles. The number of aryl methyl sites for hydroxylation is 1. The topological polar surface area (TPSA) is 78.9 Å². The monoisotopic (exact) mass is 402 g/mol. The molecule has 0 unspecified atom stereocenters. The molecule has 2 heterocycles. The van der Waals surface area contributed by atoms with Gasteiger partial charge < -0.3 is 0 Å². The van der Waals surface area contributed by atoms with E-state index in [0.29, 0.717) is 6.54 Å². The lowest BCUT2D eigenvalue weighted by Gasteiger charge is -2.17. The normalized spacial score (nSPS) is 11.9. The minimum atomic E-state index is -0.661. The van der Waals surface area contributed by atoms with Crippen LogP contribution in [0.15, 0.2) is 28.6 Å². The molecule has 7 heteroatoms. The Balaban J connectivity index is 2.12. The predicted octanol–water partition coefficient (Wildman–Crippen LogP) is 3.89. The molecule has 29 heavy (non-hydrogen) atoms. The number of nitrogens with zero attached hydrogens (tertiary/aromatic N) is 4. The summed E-state index contributed by atoms with van der Waals surface area (Å²) in [7, 11) is 1.59. The highest BCUT2D eigenvalue weighted by atomic mass is 16.2. The maximum absolute atomic E-state index is 13.0. The van der Waals surface area contributed by atoms with E-state index < -0.39 is 11.0 Å². The minimum Gasteiger partial charge on any atom is -0.279 e. The third kappa shape index (κ3) is 5.34. The number of unbranched alkanes of at least 4 members (excludes halogenated alkanes) is 7. The predicted molar refractivity (Wildman–Crippen MR) is 116 cm³/mol. The second kappa shape index (κ2) is 9.85. The van der Waals surface area contributed by atoms with E-state index in [4.69, 9.17) is 0 Å². The van der Waals surface area contributed by atoms with Crippen molar-refractivity contribution < 1.29 is 4.79 Å². The van der Waals surface area contributed by atoms with Gasteiger partial charge in [-0.15, -0.1) is 6.58 Å². The summed E-state index contributed by atoms with van der Waals surface area (Å²) in [6.45, 7) is 9.46. The largest absolute Gasteiger partial charge is 0.332 e. The van der Waals surface area contributed by atoms with Crippen LogP contribution in [0, 0.1) is 5.41 Å². The van der Waals surface area contributed by atoms with Gasteiger partial charge in [-0.25, -0.2) is 9.78 Å². The summed E-state index contributed by atoms with van der Waals surface area (Å²) in [6.07, 6.45) is 12.0. The lowest BCUT2D eigenvalue weighted by molar-refractivity contribution is 0.0771. The molecule has 2 aromatic heterocycles. The summed E-state index contributed by atoms with van der Waals surface area (Å²) in [4.78, 5) is 42.5. The first kappa shape index (κ1) is 22.8. The summed E-state index contributed by atoms with van der Waals surface area (Å²) >= 11 is 0. The average Bonchev–Trinajstić information content (AvgIpc) is 3.11. The van der Waals surface area contributed by atoms with Crippen LogP contribution in [-0.4, -0.2) is 24.6 Å². The lowest BCUT2D eigenvalue weighted by Crippen LogP contribution is -2.40. The zero-order valence-corrected chi connectivity index (χ0v) is 18.2. The third-order valence-corrected chi connectivity index (χ3v) is 5.18. The van der Waals surface area contributed by atoms with Gasteiger partial charge in [0.05, 0.1) is 0 Å². The Morgan fingerprint density at radius 2 is 1.66 bits per heavy atom. The molecule has 0 radical (unpaired) electrons. The first-order chi connectivity index (χ1) is 13.7. The van der Waals surface area contributed by atoms with E-state index in [-0.39, 0.29) is 22.8 Å². The van der Waals surface area contributed by atoms with Crippen molar-refractivity contribution in [1.82, 2.24) is 18.7 Å². The number of carbonyl (C=O) groups excluding carboxylic acids is 1. The van der Waals surface area contributed by atoms with Crippen LogP contribution >= 0.6 is 0 Å². The van der Waals surface area contributed by atoms with Crippen LogP contribution in [0.25, 0.3) is 11.2 Å². The molecule has 0 fully saturated rings. The number of hydrogen-bond donors (Lipinski definition) is 0. The van der Waals surface area contributed by atoms with Crippen LogP contribution in [0.5, 0.6) is 0 Å². The molecule has 0 aliphatic rings. The summed E-state index contributed by atoms with van der Waals surface area (Å²) in [5.41, 5.74) is -1.07. The van der Waals surface area contributed by atoms with Crippen molar-refractivity contribution in [2.45, 2.75) is 78.7 Å². The van der Waals surface area contributed by atoms with Crippen molar-refractivity contribution in [3.8, 4) is 0 Å². The van der Waals surface area contributed by atoms with E-state index in [1.807, 2.05) is 6.08 Å². The van der Waals surface area contributed by atoms with E-state index in [9.17, 15) is 14.4 Å². The average molecular weight is 403 g/mol. The number of imidazole rings is 1. The number of carbonyl (C=O) groups is 1. The fourth-order valence-electron chi connectivity index (χ4n) is 3.42. The van der Waals surface area contributed by atoms with Gasteiger partial charge in [-0.3, -0.25) is 23.3 Å². The van der Waals surface area contributed by atoms with Gasteiger partial charge in [0.2, 0.25) is 5.91 Å². The Labute approximate surface area is 172 Å². The third-order valence-electron chi connectivity index (χ3n) is 5.18. The maximum Gasteiger partial charge on any atom is 0.332 e. The van der Waals surface area contributed by atoms with Crippen LogP contribution in [0.1, 0.15) is 76.9 Å². The van der Waals surface area contributed by atoms with Gasteiger partial charge in [0, 0.05) is 19.0 Å². The van der Waals surface area contributed by atoms with Crippen molar-refractivity contribution in [2.75, 3.05) is 0 Å². The Bertz CT molecular complexity index is 973. The van der Waals surface area contributed by atoms with Gasteiger partial charge in [-0.05, 0) is 19.3 Å². The second-order valence-electron chi connectivity index (χ2n) is 8.69. The number of hydrogen-bond acceptors (Lipinski definition) is 4. The molecule has 0 amide bonds. The van der Waals surface area contributed by atoms with Crippen LogP contribution in [0.3, 0.4) is 0 Å². The first-order valence-corrected chi connectivity index (χ1v) is 10.5. The minimum absolute atomic E-state index is 0.175. The number of rotatable bonds is 10. The summed E-state index contributed by atoms with van der Waals surface area (Å²) in [5, 5.41) is 0. The van der Waals surface area contributed by atoms with Crippen molar-refractivity contribution in [1.29, 1.82) is 0 Å². The molecule has 0 spiro atoms. The smallest absolute Gasteiger partial charge is 0.279 e. The Kier molecular flexibility index (Phi) is 7.76. The summed E-state index contributed by atoms with van der Waals surface area (Å²) in [5.74, 6) is -0.223. The first-order valence-electron chi connectivity index (χ1n) is 10.5. The van der Waals surface area contributed by atoms with Gasteiger partial charge in [0.25, 0.3) is 5.56 Å². The molecular formula is C22H34N4O3. The Morgan fingerprint density at radius 1 is 1.07 bits per heavy atom. The van der Waals surface area contributed by atoms with Gasteiger partial charge in [-0.2, -0.15) is 0 Å². The van der Waals surface area contributed by atoms with Crippen LogP contribution in [0.4, 0.5) is 0 Å². The Morgan fingerprint density at radius 3 is 2.24 bits per heavy atom. The molecule has 2 aromatic rings. The van der Waals surface area contributed by atoms with Crippen molar-refractivity contribution in [3.63, 3.8) is 0 Å². The van der Waals surface area contributed by atoms with Crippen LogP contribution in [-0.2, 0) is 13.6 Å². The molecule has 160 valence electrons. The highest BCUT2D eigenvalue weighted by molar-refractivity contribution is 5.91. The second-order valence-corrected chi connectivity index (χ2v) is 8.69. The Hall–Kier alpha value is -2.44. The lowest BCUT2D eigenvalue weighted by atomic mass is 9.95. The SMILES string of the molecule is C=CCCCCCCCCCn1c(=O)c2c(ncn2C(=O)C(C)(C)C)n(C)c1=O. The van der Waals surface area contributed by atoms with E-state index in [1.165, 1.54) is 39.3 Å². The van der Waals surface area contributed by atoms with Crippen molar-refractivity contribution in [3.05, 3.63) is 39.8 Å². The highest BCUT2D eigenvalue weighted by Crippen LogP contribution is 2.19. The van der Waals surface area contributed by atoms with Crippen LogP contribution in [0.2, 0.25) is 0 Å². The van der Waals surface area contributed by atoms with Crippen LogP contribution < -0.4 is 11.2 Å². The zero-order valence-electron chi connectivity index (χ0n) is 18.2. The van der Waals surface area contributed by atoms with E-state index in [1.54, 1.807) is 27.8 Å². The molecule has 0 N–H and O–H groups in total. The molecule has 7 nitrogen and oxygen atoms in total. The number of aromatic nitrogens is 4. The van der Waals surface area contributed by atoms with E-state index in [0.717, 1.165) is 32.1 Å². The molecule has 0 aromatic carbocycles.